The number of carbonyl (C=O) groups is 1. The largest absolute Gasteiger partial charge is 0.494 e. The highest BCUT2D eigenvalue weighted by molar-refractivity contribution is 6.34. The number of aromatic nitrogens is 2. The van der Waals surface area contributed by atoms with E-state index in [1.165, 1.54) is 7.11 Å². The molecule has 0 spiro atoms. The maximum atomic E-state index is 12.1. The molecule has 0 atom stereocenters. The van der Waals surface area contributed by atoms with Crippen molar-refractivity contribution in [2.75, 3.05) is 7.11 Å². The van der Waals surface area contributed by atoms with Gasteiger partial charge in [0.1, 0.15) is 16.9 Å². The molecule has 0 aliphatic heterocycles. The van der Waals surface area contributed by atoms with Gasteiger partial charge in [0.2, 0.25) is 0 Å². The second-order valence-electron chi connectivity index (χ2n) is 5.04. The second-order valence-corrected chi connectivity index (χ2v) is 5.40. The lowest BCUT2D eigenvalue weighted by Crippen LogP contribution is -2.27. The van der Waals surface area contributed by atoms with Crippen LogP contribution in [0.1, 0.15) is 20.8 Å². The van der Waals surface area contributed by atoms with Crippen molar-refractivity contribution in [3.05, 3.63) is 23.4 Å². The summed E-state index contributed by atoms with van der Waals surface area (Å²) in [4.78, 5) is 12.1. The maximum absolute atomic E-state index is 12.1. The number of para-hydroxylation sites is 1. The number of halogens is 1. The fourth-order valence-corrected chi connectivity index (χ4v) is 1.93. The topological polar surface area (TPSA) is 53.4 Å². The van der Waals surface area contributed by atoms with Crippen molar-refractivity contribution in [1.29, 1.82) is 0 Å². The van der Waals surface area contributed by atoms with Crippen LogP contribution in [0.2, 0.25) is 5.15 Å². The molecule has 0 saturated carbocycles. The highest BCUT2D eigenvalue weighted by Crippen LogP contribution is 2.30. The van der Waals surface area contributed by atoms with E-state index in [0.717, 1.165) is 4.68 Å². The summed E-state index contributed by atoms with van der Waals surface area (Å²) in [5.74, 6) is 0.516. The highest BCUT2D eigenvalue weighted by atomic mass is 35.5. The number of fused-ring (bicyclic) bond motifs is 1. The monoisotopic (exact) mass is 282 g/mol. The molecule has 2 rings (SSSR count). The van der Waals surface area contributed by atoms with Crippen LogP contribution < -0.4 is 4.74 Å². The third-order valence-electron chi connectivity index (χ3n) is 2.41. The smallest absolute Gasteiger partial charge is 0.435 e. The van der Waals surface area contributed by atoms with Gasteiger partial charge in [-0.15, -0.1) is 5.10 Å². The number of hydrogen-bond donors (Lipinski definition) is 0. The Morgan fingerprint density at radius 3 is 2.63 bits per heavy atom. The van der Waals surface area contributed by atoms with Crippen LogP contribution in [0, 0.1) is 0 Å². The van der Waals surface area contributed by atoms with Crippen LogP contribution in [0.25, 0.3) is 10.9 Å². The molecular formula is C13H15ClN2O3. The van der Waals surface area contributed by atoms with Crippen molar-refractivity contribution in [3.63, 3.8) is 0 Å². The van der Waals surface area contributed by atoms with Gasteiger partial charge in [-0.3, -0.25) is 0 Å². The molecule has 6 heteroatoms. The lowest BCUT2D eigenvalue weighted by atomic mass is 10.2. The summed E-state index contributed by atoms with van der Waals surface area (Å²) in [6.45, 7) is 5.36. The van der Waals surface area contributed by atoms with Crippen molar-refractivity contribution in [1.82, 2.24) is 9.78 Å². The summed E-state index contributed by atoms with van der Waals surface area (Å²) in [6.07, 6.45) is -0.589. The Bertz CT molecular complexity index is 629. The summed E-state index contributed by atoms with van der Waals surface area (Å²) in [7, 11) is 1.52. The standard InChI is InChI=1S/C13H15ClN2O3/c1-13(2,3)19-12(17)16-10-8(11(14)15-16)6-5-7-9(10)18-4/h5-7H,1-4H3. The van der Waals surface area contributed by atoms with Crippen molar-refractivity contribution < 1.29 is 14.3 Å². The Morgan fingerprint density at radius 2 is 2.05 bits per heavy atom. The van der Waals surface area contributed by atoms with E-state index in [0.29, 0.717) is 16.7 Å². The summed E-state index contributed by atoms with van der Waals surface area (Å²) < 4.78 is 11.7. The molecule has 0 radical (unpaired) electrons. The van der Waals surface area contributed by atoms with E-state index in [2.05, 4.69) is 5.10 Å². The molecule has 102 valence electrons. The molecule has 0 fully saturated rings. The molecule has 1 aromatic heterocycles. The minimum absolute atomic E-state index is 0.236. The minimum atomic E-state index is -0.607. The van der Waals surface area contributed by atoms with E-state index in [1.54, 1.807) is 39.0 Å². The van der Waals surface area contributed by atoms with Gasteiger partial charge in [-0.2, -0.15) is 4.68 Å². The normalized spacial score (nSPS) is 11.6. The molecule has 0 N–H and O–H groups in total. The van der Waals surface area contributed by atoms with Gasteiger partial charge in [-0.05, 0) is 32.9 Å². The van der Waals surface area contributed by atoms with Crippen LogP contribution in [0.3, 0.4) is 0 Å². The first-order valence-electron chi connectivity index (χ1n) is 5.78. The van der Waals surface area contributed by atoms with Crippen LogP contribution in [0.15, 0.2) is 18.2 Å². The van der Waals surface area contributed by atoms with Crippen LogP contribution in [0.5, 0.6) is 5.75 Å². The molecule has 1 heterocycles. The predicted octanol–water partition coefficient (Wildman–Crippen LogP) is 3.48. The lowest BCUT2D eigenvalue weighted by Gasteiger charge is -2.19. The van der Waals surface area contributed by atoms with Gasteiger partial charge in [-0.1, -0.05) is 17.7 Å². The molecule has 19 heavy (non-hydrogen) atoms. The van der Waals surface area contributed by atoms with Crippen LogP contribution in [0.4, 0.5) is 4.79 Å². The number of benzene rings is 1. The number of methoxy groups -OCH3 is 1. The first-order valence-corrected chi connectivity index (χ1v) is 6.16. The Balaban J connectivity index is 2.58. The number of ether oxygens (including phenoxy) is 2. The van der Waals surface area contributed by atoms with Gasteiger partial charge in [0.25, 0.3) is 0 Å². The number of nitrogens with zero attached hydrogens (tertiary/aromatic N) is 2. The fourth-order valence-electron chi connectivity index (χ4n) is 1.70. The summed E-state index contributed by atoms with van der Waals surface area (Å²) in [5.41, 5.74) is -0.103. The van der Waals surface area contributed by atoms with Gasteiger partial charge in [-0.25, -0.2) is 4.79 Å². The van der Waals surface area contributed by atoms with Gasteiger partial charge < -0.3 is 9.47 Å². The molecule has 0 unspecified atom stereocenters. The molecule has 1 aromatic carbocycles. The third kappa shape index (κ3) is 2.66. The molecule has 0 saturated heterocycles. The van der Waals surface area contributed by atoms with E-state index in [-0.39, 0.29) is 5.15 Å². The molecule has 0 aliphatic rings. The molecule has 0 aliphatic carbocycles. The Hall–Kier alpha value is -1.75. The molecular weight excluding hydrogens is 268 g/mol. The van der Waals surface area contributed by atoms with E-state index < -0.39 is 11.7 Å². The Morgan fingerprint density at radius 1 is 1.37 bits per heavy atom. The van der Waals surface area contributed by atoms with Gasteiger partial charge >= 0.3 is 6.09 Å². The van der Waals surface area contributed by atoms with Crippen molar-refractivity contribution in [2.24, 2.45) is 0 Å². The molecule has 0 bridgehead atoms. The van der Waals surface area contributed by atoms with Crippen LogP contribution >= 0.6 is 11.6 Å². The number of carbonyl (C=O) groups excluding carboxylic acids is 1. The predicted molar refractivity (Wildman–Crippen MR) is 72.9 cm³/mol. The quantitative estimate of drug-likeness (QED) is 0.803. The zero-order valence-corrected chi connectivity index (χ0v) is 12.0. The Kier molecular flexibility index (Phi) is 3.41. The highest BCUT2D eigenvalue weighted by Gasteiger charge is 2.23. The molecule has 0 amide bonds. The van der Waals surface area contributed by atoms with E-state index in [4.69, 9.17) is 21.1 Å². The van der Waals surface area contributed by atoms with Crippen molar-refractivity contribution in [2.45, 2.75) is 26.4 Å². The molecule has 2 aromatic rings. The molecule has 5 nitrogen and oxygen atoms in total. The SMILES string of the molecule is COc1cccc2c(Cl)nn(C(=O)OC(C)(C)C)c12. The first-order chi connectivity index (χ1) is 8.83. The minimum Gasteiger partial charge on any atom is -0.494 e. The van der Waals surface area contributed by atoms with Gasteiger partial charge in [0, 0.05) is 5.39 Å². The number of hydrogen-bond acceptors (Lipinski definition) is 4. The van der Waals surface area contributed by atoms with E-state index in [1.807, 2.05) is 0 Å². The zero-order chi connectivity index (χ0) is 14.2. The van der Waals surface area contributed by atoms with Gasteiger partial charge in [0.15, 0.2) is 5.15 Å². The van der Waals surface area contributed by atoms with Gasteiger partial charge in [0.05, 0.1) is 7.11 Å². The van der Waals surface area contributed by atoms with E-state index >= 15 is 0 Å². The third-order valence-corrected chi connectivity index (χ3v) is 2.69. The van der Waals surface area contributed by atoms with E-state index in [9.17, 15) is 4.79 Å². The maximum Gasteiger partial charge on any atom is 0.435 e. The summed E-state index contributed by atoms with van der Waals surface area (Å²) in [6, 6.07) is 5.30. The average Bonchev–Trinajstić information content (AvgIpc) is 2.65. The van der Waals surface area contributed by atoms with Crippen molar-refractivity contribution in [3.8, 4) is 5.75 Å². The lowest BCUT2D eigenvalue weighted by molar-refractivity contribution is 0.0522. The van der Waals surface area contributed by atoms with Crippen LogP contribution in [-0.2, 0) is 4.74 Å². The first kappa shape index (κ1) is 13.7. The second kappa shape index (κ2) is 4.74. The number of rotatable bonds is 1. The summed E-state index contributed by atoms with van der Waals surface area (Å²) in [5, 5.41) is 4.89. The van der Waals surface area contributed by atoms with Crippen LogP contribution in [-0.4, -0.2) is 28.6 Å². The fraction of sp³-hybridized carbons (Fsp3) is 0.385. The van der Waals surface area contributed by atoms with Crippen molar-refractivity contribution >= 4 is 28.6 Å². The average molecular weight is 283 g/mol. The summed E-state index contributed by atoms with van der Waals surface area (Å²) >= 11 is 6.03. The Labute approximate surface area is 116 Å². The zero-order valence-electron chi connectivity index (χ0n) is 11.2.